The number of hydrogen-bond acceptors (Lipinski definition) is 4. The van der Waals surface area contributed by atoms with Crippen LogP contribution in [0.1, 0.15) is 25.5 Å². The smallest absolute Gasteiger partial charge is 0.263 e. The lowest BCUT2D eigenvalue weighted by Crippen LogP contribution is -2.47. The number of hydrogen-bond donors (Lipinski definition) is 2. The summed E-state index contributed by atoms with van der Waals surface area (Å²) in [7, 11) is 0. The highest BCUT2D eigenvalue weighted by molar-refractivity contribution is 7.17. The Balaban J connectivity index is 1.62. The van der Waals surface area contributed by atoms with E-state index in [4.69, 9.17) is 16.3 Å². The van der Waals surface area contributed by atoms with Gasteiger partial charge in [0.1, 0.15) is 5.75 Å². The fraction of sp³-hybridized carbons (Fsp3) is 0.250. The number of carbonyl (C=O) groups excluding carboxylic acids is 1. The standard InChI is InChI=1S/C20H20ClNO3S/c1-20(2,25-14-9-7-13(21)8-10-14)19(24)22-11-17(23)16-12-26-18-6-4-3-5-15(16)18/h3-10,12,17,23H,11H2,1-2H3,(H,22,24)/t17-/m1/s1. The Morgan fingerprint density at radius 1 is 1.23 bits per heavy atom. The summed E-state index contributed by atoms with van der Waals surface area (Å²) >= 11 is 7.44. The third-order valence-corrected chi connectivity index (χ3v) is 5.29. The maximum absolute atomic E-state index is 12.5. The molecule has 2 N–H and O–H groups in total. The van der Waals surface area contributed by atoms with Crippen LogP contribution in [0.5, 0.6) is 5.75 Å². The predicted octanol–water partition coefficient (Wildman–Crippen LogP) is 4.56. The monoisotopic (exact) mass is 389 g/mol. The molecule has 0 aliphatic heterocycles. The molecule has 4 nitrogen and oxygen atoms in total. The molecule has 0 bridgehead atoms. The highest BCUT2D eigenvalue weighted by Gasteiger charge is 2.30. The van der Waals surface area contributed by atoms with Gasteiger partial charge in [0.2, 0.25) is 0 Å². The van der Waals surface area contributed by atoms with Gasteiger partial charge in [-0.2, -0.15) is 0 Å². The summed E-state index contributed by atoms with van der Waals surface area (Å²) in [5.74, 6) is 0.255. The molecule has 1 atom stereocenters. The van der Waals surface area contributed by atoms with Gasteiger partial charge in [-0.05, 0) is 54.9 Å². The number of nitrogens with one attached hydrogen (secondary N) is 1. The van der Waals surface area contributed by atoms with Crippen LogP contribution in [-0.4, -0.2) is 23.2 Å². The molecule has 136 valence electrons. The van der Waals surface area contributed by atoms with Gasteiger partial charge in [-0.25, -0.2) is 0 Å². The third kappa shape index (κ3) is 4.18. The van der Waals surface area contributed by atoms with Gasteiger partial charge in [0.25, 0.3) is 5.91 Å². The molecule has 6 heteroatoms. The Morgan fingerprint density at radius 3 is 2.65 bits per heavy atom. The van der Waals surface area contributed by atoms with Crippen molar-refractivity contribution in [2.75, 3.05) is 6.54 Å². The van der Waals surface area contributed by atoms with Crippen LogP contribution in [-0.2, 0) is 4.79 Å². The quantitative estimate of drug-likeness (QED) is 0.649. The summed E-state index contributed by atoms with van der Waals surface area (Å²) in [6, 6.07) is 14.7. The fourth-order valence-corrected chi connectivity index (χ4v) is 3.75. The zero-order valence-corrected chi connectivity index (χ0v) is 16.1. The van der Waals surface area contributed by atoms with Crippen molar-refractivity contribution in [1.29, 1.82) is 0 Å². The van der Waals surface area contributed by atoms with Gasteiger partial charge >= 0.3 is 0 Å². The maximum Gasteiger partial charge on any atom is 0.263 e. The summed E-state index contributed by atoms with van der Waals surface area (Å²) < 4.78 is 6.87. The highest BCUT2D eigenvalue weighted by atomic mass is 35.5. The Kier molecular flexibility index (Phi) is 5.51. The van der Waals surface area contributed by atoms with Crippen LogP contribution in [0.15, 0.2) is 53.9 Å². The van der Waals surface area contributed by atoms with Crippen molar-refractivity contribution in [1.82, 2.24) is 5.32 Å². The topological polar surface area (TPSA) is 58.6 Å². The minimum atomic E-state index is -1.08. The molecule has 0 fully saturated rings. The lowest BCUT2D eigenvalue weighted by atomic mass is 10.1. The van der Waals surface area contributed by atoms with Gasteiger partial charge in [0.05, 0.1) is 6.10 Å². The molecular weight excluding hydrogens is 370 g/mol. The Hall–Kier alpha value is -2.08. The van der Waals surface area contributed by atoms with Crippen molar-refractivity contribution in [2.24, 2.45) is 0 Å². The number of fused-ring (bicyclic) bond motifs is 1. The van der Waals surface area contributed by atoms with Crippen LogP contribution < -0.4 is 10.1 Å². The minimum Gasteiger partial charge on any atom is -0.478 e. The van der Waals surface area contributed by atoms with E-state index in [0.29, 0.717) is 10.8 Å². The molecule has 0 saturated carbocycles. The van der Waals surface area contributed by atoms with Crippen LogP contribution >= 0.6 is 22.9 Å². The van der Waals surface area contributed by atoms with E-state index in [1.54, 1.807) is 49.4 Å². The second kappa shape index (κ2) is 7.66. The Labute approximate surface area is 161 Å². The van der Waals surface area contributed by atoms with E-state index in [0.717, 1.165) is 15.6 Å². The summed E-state index contributed by atoms with van der Waals surface area (Å²) in [6.07, 6.45) is -0.776. The number of aliphatic hydroxyl groups is 1. The van der Waals surface area contributed by atoms with Crippen molar-refractivity contribution in [3.63, 3.8) is 0 Å². The first kappa shape index (κ1) is 18.7. The first-order chi connectivity index (χ1) is 12.4. The number of aliphatic hydroxyl groups excluding tert-OH is 1. The van der Waals surface area contributed by atoms with Gasteiger partial charge in [-0.3, -0.25) is 4.79 Å². The van der Waals surface area contributed by atoms with Crippen LogP contribution in [0, 0.1) is 0 Å². The predicted molar refractivity (Wildman–Crippen MR) is 106 cm³/mol. The number of ether oxygens (including phenoxy) is 1. The molecule has 2 aromatic carbocycles. The zero-order chi connectivity index (χ0) is 18.7. The number of amides is 1. The molecule has 3 aromatic rings. The van der Waals surface area contributed by atoms with E-state index in [1.165, 1.54) is 0 Å². The molecule has 0 radical (unpaired) electrons. The number of benzene rings is 2. The highest BCUT2D eigenvalue weighted by Crippen LogP contribution is 2.30. The van der Waals surface area contributed by atoms with E-state index in [1.807, 2.05) is 29.6 Å². The minimum absolute atomic E-state index is 0.118. The van der Waals surface area contributed by atoms with Crippen molar-refractivity contribution in [3.8, 4) is 5.75 Å². The van der Waals surface area contributed by atoms with Crippen molar-refractivity contribution >= 4 is 38.9 Å². The van der Waals surface area contributed by atoms with Gasteiger partial charge in [-0.15, -0.1) is 11.3 Å². The summed E-state index contributed by atoms with van der Waals surface area (Å²) in [5.41, 5.74) is -0.258. The summed E-state index contributed by atoms with van der Waals surface area (Å²) in [4.78, 5) is 12.5. The number of thiophene rings is 1. The van der Waals surface area contributed by atoms with Crippen molar-refractivity contribution < 1.29 is 14.6 Å². The first-order valence-electron chi connectivity index (χ1n) is 8.24. The summed E-state index contributed by atoms with van der Waals surface area (Å²) in [6.45, 7) is 3.49. The number of rotatable bonds is 6. The number of halogens is 1. The van der Waals surface area contributed by atoms with Crippen molar-refractivity contribution in [3.05, 3.63) is 64.5 Å². The molecule has 0 aliphatic carbocycles. The lowest BCUT2D eigenvalue weighted by Gasteiger charge is -2.26. The van der Waals surface area contributed by atoms with E-state index in [2.05, 4.69) is 5.32 Å². The second-order valence-corrected chi connectivity index (χ2v) is 7.83. The van der Waals surface area contributed by atoms with Gasteiger partial charge in [0.15, 0.2) is 5.60 Å². The maximum atomic E-state index is 12.5. The van der Waals surface area contributed by atoms with E-state index in [-0.39, 0.29) is 12.5 Å². The van der Waals surface area contributed by atoms with Crippen LogP contribution in [0.4, 0.5) is 0 Å². The lowest BCUT2D eigenvalue weighted by molar-refractivity contribution is -0.134. The fourth-order valence-electron chi connectivity index (χ4n) is 2.61. The molecule has 3 rings (SSSR count). The molecule has 0 unspecified atom stereocenters. The average molecular weight is 390 g/mol. The molecule has 1 aromatic heterocycles. The number of carbonyl (C=O) groups is 1. The Morgan fingerprint density at radius 2 is 1.92 bits per heavy atom. The van der Waals surface area contributed by atoms with Crippen LogP contribution in [0.3, 0.4) is 0 Å². The molecule has 0 saturated heterocycles. The van der Waals surface area contributed by atoms with Crippen LogP contribution in [0.25, 0.3) is 10.1 Å². The van der Waals surface area contributed by atoms with Crippen LogP contribution in [0.2, 0.25) is 5.02 Å². The largest absolute Gasteiger partial charge is 0.478 e. The van der Waals surface area contributed by atoms with Gasteiger partial charge < -0.3 is 15.2 Å². The average Bonchev–Trinajstić information content (AvgIpc) is 3.05. The second-order valence-electron chi connectivity index (χ2n) is 6.48. The normalized spacial score (nSPS) is 12.8. The van der Waals surface area contributed by atoms with E-state index >= 15 is 0 Å². The molecular formula is C20H20ClNO3S. The molecule has 1 heterocycles. The molecule has 0 aliphatic rings. The van der Waals surface area contributed by atoms with Gasteiger partial charge in [-0.1, -0.05) is 29.8 Å². The molecule has 0 spiro atoms. The molecule has 1 amide bonds. The SMILES string of the molecule is CC(C)(Oc1ccc(Cl)cc1)C(=O)NC[C@@H](O)c1csc2ccccc12. The molecule has 26 heavy (non-hydrogen) atoms. The van der Waals surface area contributed by atoms with E-state index in [9.17, 15) is 9.90 Å². The Bertz CT molecular complexity index is 905. The summed E-state index contributed by atoms with van der Waals surface area (Å²) in [5, 5.41) is 16.8. The van der Waals surface area contributed by atoms with Crippen molar-refractivity contribution in [2.45, 2.75) is 25.6 Å². The van der Waals surface area contributed by atoms with Gasteiger partial charge in [0, 0.05) is 21.8 Å². The van der Waals surface area contributed by atoms with E-state index < -0.39 is 11.7 Å². The zero-order valence-electron chi connectivity index (χ0n) is 14.5. The third-order valence-electron chi connectivity index (χ3n) is 4.06. The first-order valence-corrected chi connectivity index (χ1v) is 9.49.